The Hall–Kier alpha value is -2.42. The first-order valence-corrected chi connectivity index (χ1v) is 10.1. The van der Waals surface area contributed by atoms with Gasteiger partial charge in [0, 0.05) is 17.4 Å². The summed E-state index contributed by atoms with van der Waals surface area (Å²) in [6, 6.07) is -1.14. The summed E-state index contributed by atoms with van der Waals surface area (Å²) in [5, 5.41) is 19.1. The van der Waals surface area contributed by atoms with Gasteiger partial charge in [0.2, 0.25) is 11.8 Å². The van der Waals surface area contributed by atoms with Crippen molar-refractivity contribution in [3.05, 3.63) is 11.8 Å². The lowest BCUT2D eigenvalue weighted by Gasteiger charge is -2.32. The molecule has 2 heterocycles. The normalized spacial score (nSPS) is 24.7. The van der Waals surface area contributed by atoms with Gasteiger partial charge in [-0.1, -0.05) is 40.7 Å². The van der Waals surface area contributed by atoms with Crippen molar-refractivity contribution in [2.24, 2.45) is 10.8 Å². The third-order valence-corrected chi connectivity index (χ3v) is 5.62. The van der Waals surface area contributed by atoms with E-state index in [1.807, 2.05) is 0 Å². The predicted molar refractivity (Wildman–Crippen MR) is 107 cm³/mol. The molecule has 2 rings (SSSR count). The van der Waals surface area contributed by atoms with E-state index in [0.29, 0.717) is 13.0 Å². The lowest BCUT2D eigenvalue weighted by atomic mass is 9.84. The van der Waals surface area contributed by atoms with Gasteiger partial charge >= 0.3 is 11.9 Å². The second kappa shape index (κ2) is 8.37. The number of aliphatic carboxylic acids is 2. The maximum absolute atomic E-state index is 13.0. The van der Waals surface area contributed by atoms with Crippen LogP contribution < -0.4 is 0 Å². The molecule has 2 aliphatic heterocycles. The van der Waals surface area contributed by atoms with Crippen molar-refractivity contribution < 1.29 is 34.1 Å². The first kappa shape index (κ1) is 23.9. The van der Waals surface area contributed by atoms with Crippen LogP contribution in [0.15, 0.2) is 11.8 Å². The van der Waals surface area contributed by atoms with Crippen LogP contribution in [0.2, 0.25) is 0 Å². The van der Waals surface area contributed by atoms with Gasteiger partial charge in [0.1, 0.15) is 11.9 Å². The van der Waals surface area contributed by atoms with E-state index >= 15 is 0 Å². The number of amides is 2. The largest absolute Gasteiger partial charge is 0.480 e. The van der Waals surface area contributed by atoms with Gasteiger partial charge in [0.15, 0.2) is 6.04 Å². The Morgan fingerprint density at radius 2 is 1.70 bits per heavy atom. The fourth-order valence-corrected chi connectivity index (χ4v) is 3.93. The van der Waals surface area contributed by atoms with Crippen LogP contribution in [-0.4, -0.2) is 68.7 Å². The highest BCUT2D eigenvalue weighted by molar-refractivity contribution is 5.95. The number of rotatable bonds is 6. The molecule has 0 aromatic heterocycles. The average Bonchev–Trinajstić information content (AvgIpc) is 3.22. The lowest BCUT2D eigenvalue weighted by molar-refractivity contribution is -0.154. The molecule has 3 atom stereocenters. The molecule has 1 saturated heterocycles. The molecule has 2 aliphatic rings. The van der Waals surface area contributed by atoms with Crippen molar-refractivity contribution in [3.63, 3.8) is 0 Å². The van der Waals surface area contributed by atoms with Crippen molar-refractivity contribution in [1.82, 2.24) is 9.80 Å². The molecule has 0 aromatic carbocycles. The summed E-state index contributed by atoms with van der Waals surface area (Å²) in [7, 11) is 0. The molecule has 1 unspecified atom stereocenters. The summed E-state index contributed by atoms with van der Waals surface area (Å²) in [6.45, 7) is 10.5. The summed E-state index contributed by atoms with van der Waals surface area (Å²) in [4.78, 5) is 51.6. The summed E-state index contributed by atoms with van der Waals surface area (Å²) in [5.41, 5.74) is -1.70. The highest BCUT2D eigenvalue weighted by Crippen LogP contribution is 2.35. The molecule has 0 saturated carbocycles. The van der Waals surface area contributed by atoms with E-state index in [4.69, 9.17) is 4.74 Å². The van der Waals surface area contributed by atoms with E-state index in [1.54, 1.807) is 41.5 Å². The van der Waals surface area contributed by atoms with Crippen molar-refractivity contribution in [1.29, 1.82) is 0 Å². The summed E-state index contributed by atoms with van der Waals surface area (Å²) < 4.78 is 5.82. The molecule has 168 valence electrons. The van der Waals surface area contributed by atoms with E-state index in [0.717, 1.165) is 0 Å². The number of ether oxygens (including phenoxy) is 1. The van der Waals surface area contributed by atoms with E-state index in [9.17, 15) is 29.4 Å². The number of carbonyl (C=O) groups is 4. The van der Waals surface area contributed by atoms with Crippen LogP contribution in [0.3, 0.4) is 0 Å². The van der Waals surface area contributed by atoms with Gasteiger partial charge in [0.05, 0.1) is 6.10 Å². The monoisotopic (exact) mass is 424 g/mol. The van der Waals surface area contributed by atoms with Gasteiger partial charge in [-0.3, -0.25) is 14.5 Å². The molecule has 1 fully saturated rings. The zero-order valence-electron chi connectivity index (χ0n) is 18.5. The summed E-state index contributed by atoms with van der Waals surface area (Å²) >= 11 is 0. The third kappa shape index (κ3) is 4.66. The zero-order chi connectivity index (χ0) is 23.0. The fourth-order valence-electron chi connectivity index (χ4n) is 3.93. The number of carboxylic acids is 2. The number of carboxylic acid groups (broad SMARTS) is 2. The molecule has 2 N–H and O–H groups in total. The van der Waals surface area contributed by atoms with Crippen LogP contribution in [0.1, 0.15) is 60.8 Å². The minimum Gasteiger partial charge on any atom is -0.480 e. The molecule has 30 heavy (non-hydrogen) atoms. The number of hydrogen-bond acceptors (Lipinski definition) is 5. The molecular weight excluding hydrogens is 392 g/mol. The molecule has 2 amide bonds. The molecule has 0 radical (unpaired) electrons. The molecule has 0 aromatic rings. The van der Waals surface area contributed by atoms with E-state index < -0.39 is 41.1 Å². The van der Waals surface area contributed by atoms with Crippen LogP contribution >= 0.6 is 0 Å². The first-order chi connectivity index (χ1) is 13.7. The Balaban J connectivity index is 2.14. The van der Waals surface area contributed by atoms with E-state index in [-0.39, 0.29) is 30.4 Å². The molecule has 0 bridgehead atoms. The average molecular weight is 424 g/mol. The molecule has 9 heteroatoms. The minimum atomic E-state index is -1.15. The second-order valence-corrected chi connectivity index (χ2v) is 9.58. The Morgan fingerprint density at radius 3 is 2.20 bits per heavy atom. The molecule has 0 aliphatic carbocycles. The van der Waals surface area contributed by atoms with Crippen molar-refractivity contribution in [2.75, 3.05) is 6.54 Å². The fraction of sp³-hybridized carbons (Fsp3) is 0.714. The van der Waals surface area contributed by atoms with E-state index in [2.05, 4.69) is 0 Å². The minimum absolute atomic E-state index is 0.0239. The quantitative estimate of drug-likeness (QED) is 0.669. The van der Waals surface area contributed by atoms with Gasteiger partial charge in [-0.15, -0.1) is 0 Å². The zero-order valence-corrected chi connectivity index (χ0v) is 18.5. The Kier molecular flexibility index (Phi) is 6.66. The standard InChI is InChI=1S/C21H32N2O7/c1-12-23(18(28)20(2,3)4)15(17(26)27)14(30-12)9-10-21(5,6)19(29)22-11-7-8-13(22)16(24)25/h8,12,14-15H,7,9-11H2,1-6H3,(H,24,25)(H,26,27)/t12?,14-,15+/m1/s1. The SMILES string of the molecule is CC1O[C@H](CCC(C)(C)C(=O)N2CCC=C2C(=O)O)[C@@H](C(=O)O)N1C(=O)C(C)(C)C. The maximum atomic E-state index is 13.0. The van der Waals surface area contributed by atoms with Gasteiger partial charge in [-0.05, 0) is 26.2 Å². The molecule has 0 spiro atoms. The van der Waals surface area contributed by atoms with Crippen LogP contribution in [-0.2, 0) is 23.9 Å². The van der Waals surface area contributed by atoms with Gasteiger partial charge in [-0.25, -0.2) is 9.59 Å². The number of carbonyl (C=O) groups excluding carboxylic acids is 2. The first-order valence-electron chi connectivity index (χ1n) is 10.1. The maximum Gasteiger partial charge on any atom is 0.352 e. The van der Waals surface area contributed by atoms with Gasteiger partial charge in [0.25, 0.3) is 0 Å². The van der Waals surface area contributed by atoms with Crippen LogP contribution in [0.5, 0.6) is 0 Å². The van der Waals surface area contributed by atoms with Crippen molar-refractivity contribution in [2.45, 2.75) is 79.2 Å². The number of nitrogens with zero attached hydrogens (tertiary/aromatic N) is 2. The molecular formula is C21H32N2O7. The number of hydrogen-bond donors (Lipinski definition) is 2. The highest BCUT2D eigenvalue weighted by atomic mass is 16.5. The third-order valence-electron chi connectivity index (χ3n) is 5.62. The van der Waals surface area contributed by atoms with Gasteiger partial charge < -0.3 is 19.8 Å². The Labute approximate surface area is 176 Å². The van der Waals surface area contributed by atoms with E-state index in [1.165, 1.54) is 15.9 Å². The van der Waals surface area contributed by atoms with Crippen molar-refractivity contribution >= 4 is 23.8 Å². The predicted octanol–water partition coefficient (Wildman–Crippen LogP) is 2.07. The second-order valence-electron chi connectivity index (χ2n) is 9.58. The van der Waals surface area contributed by atoms with Crippen molar-refractivity contribution in [3.8, 4) is 0 Å². The summed E-state index contributed by atoms with van der Waals surface area (Å²) in [6.07, 6.45) is 1.08. The van der Waals surface area contributed by atoms with Crippen LogP contribution in [0.25, 0.3) is 0 Å². The Morgan fingerprint density at radius 1 is 1.10 bits per heavy atom. The lowest BCUT2D eigenvalue weighted by Crippen LogP contribution is -2.51. The van der Waals surface area contributed by atoms with Crippen LogP contribution in [0, 0.1) is 10.8 Å². The smallest absolute Gasteiger partial charge is 0.352 e. The van der Waals surface area contributed by atoms with Gasteiger partial charge in [-0.2, -0.15) is 0 Å². The molecule has 9 nitrogen and oxygen atoms in total. The summed E-state index contributed by atoms with van der Waals surface area (Å²) in [5.74, 6) is -2.93. The van der Waals surface area contributed by atoms with Crippen LogP contribution in [0.4, 0.5) is 0 Å². The highest BCUT2D eigenvalue weighted by Gasteiger charge is 2.50. The topological polar surface area (TPSA) is 124 Å². The Bertz CT molecular complexity index is 766.